The average molecular weight is 429 g/mol. The number of hydrogen-bond donors (Lipinski definition) is 9. The maximum absolute atomic E-state index is 11.4. The molecule has 0 aliphatic carbocycles. The molecule has 24 heteroatoms. The quantitative estimate of drug-likeness (QED) is 0.0581. The number of nitrogen functional groups attached to an aromatic ring is 6. The number of nitrogens with one attached hydrogen (secondary N) is 3. The van der Waals surface area contributed by atoms with Crippen molar-refractivity contribution in [3.05, 3.63) is 15.3 Å². The van der Waals surface area contributed by atoms with Crippen LogP contribution in [0.15, 0.2) is 5.29 Å². The molecule has 3 rings (SSSR count). The average Bonchev–Trinajstić information content (AvgIpc) is 3.32. The van der Waals surface area contributed by atoms with Gasteiger partial charge >= 0.3 is 11.9 Å². The Labute approximate surface area is 163 Å². The summed E-state index contributed by atoms with van der Waals surface area (Å²) in [6.45, 7) is 0. The van der Waals surface area contributed by atoms with Crippen molar-refractivity contribution in [1.82, 2.24) is 44.6 Å². The van der Waals surface area contributed by atoms with Crippen molar-refractivity contribution in [3.8, 4) is 0 Å². The molecule has 0 amide bonds. The molecule has 3 aromatic heterocycles. The van der Waals surface area contributed by atoms with Gasteiger partial charge in [0.1, 0.15) is 0 Å². The fourth-order valence-electron chi connectivity index (χ4n) is 1.44. The number of hydrazine groups is 2. The molecule has 0 fully saturated rings. The Bertz CT molecular complexity index is 985. The lowest BCUT2D eigenvalue weighted by Gasteiger charge is -2.08. The van der Waals surface area contributed by atoms with E-state index in [1.54, 1.807) is 0 Å². The molecular weight excluding hydrogens is 414 g/mol. The molecule has 162 valence electrons. The normalized spacial score (nSPS) is 11.1. The zero-order valence-electron chi connectivity index (χ0n) is 14.6. The van der Waals surface area contributed by atoms with E-state index >= 15 is 0 Å². The third-order valence-corrected chi connectivity index (χ3v) is 2.87. The molecule has 0 aromatic carbocycles. The van der Waals surface area contributed by atoms with Crippen molar-refractivity contribution in [2.45, 2.75) is 0 Å². The molecule has 0 atom stereocenters. The third kappa shape index (κ3) is 4.39. The van der Waals surface area contributed by atoms with Crippen LogP contribution in [0, 0.1) is 15.3 Å². The highest BCUT2D eigenvalue weighted by Gasteiger charge is 2.17. The summed E-state index contributed by atoms with van der Waals surface area (Å²) >= 11 is 0. The fourth-order valence-corrected chi connectivity index (χ4v) is 1.44. The minimum atomic E-state index is -0.308. The van der Waals surface area contributed by atoms with Gasteiger partial charge in [-0.25, -0.2) is 5.43 Å². The van der Waals surface area contributed by atoms with Gasteiger partial charge in [-0.3, -0.25) is 0 Å². The van der Waals surface area contributed by atoms with E-state index in [9.17, 15) is 15.3 Å². The zero-order chi connectivity index (χ0) is 22.4. The Morgan fingerprint density at radius 2 is 1.03 bits per heavy atom. The van der Waals surface area contributed by atoms with Crippen LogP contribution < -0.4 is 51.0 Å². The van der Waals surface area contributed by atoms with Gasteiger partial charge in [-0.05, 0) is 0 Å². The van der Waals surface area contributed by atoms with E-state index in [-0.39, 0.29) is 45.6 Å². The van der Waals surface area contributed by atoms with Crippen LogP contribution in [0.5, 0.6) is 0 Å². The Morgan fingerprint density at radius 1 is 0.700 bits per heavy atom. The van der Waals surface area contributed by atoms with Gasteiger partial charge < -0.3 is 45.1 Å². The SMILES string of the molecule is Nc1nnc(N/[N+]([O-])=[N+](\[O-])Nc2nnc(N)n2N)n1N.Nc1nnc(NN=O)n1N. The third-order valence-electron chi connectivity index (χ3n) is 2.87. The molecule has 0 bridgehead atoms. The van der Waals surface area contributed by atoms with E-state index in [2.05, 4.69) is 35.9 Å². The lowest BCUT2D eigenvalue weighted by atomic mass is 11.0. The molecule has 0 aliphatic rings. The molecule has 0 aliphatic heterocycles. The van der Waals surface area contributed by atoms with Crippen molar-refractivity contribution >= 4 is 35.7 Å². The molecule has 3 aromatic rings. The molecule has 0 saturated heterocycles. The van der Waals surface area contributed by atoms with Crippen LogP contribution in [0.1, 0.15) is 0 Å². The summed E-state index contributed by atoms with van der Waals surface area (Å²) in [6, 6.07) is 0. The van der Waals surface area contributed by atoms with Gasteiger partial charge in [0.2, 0.25) is 17.8 Å². The molecule has 0 unspecified atom stereocenters. The molecule has 24 nitrogen and oxygen atoms in total. The van der Waals surface area contributed by atoms with Crippen LogP contribution >= 0.6 is 0 Å². The molecular formula is C6H15N21O3. The van der Waals surface area contributed by atoms with Gasteiger partial charge in [-0.15, -0.1) is 25.3 Å². The summed E-state index contributed by atoms with van der Waals surface area (Å²) < 4.78 is 2.41. The summed E-state index contributed by atoms with van der Waals surface area (Å²) in [7, 11) is 0. The van der Waals surface area contributed by atoms with Crippen molar-refractivity contribution in [2.75, 3.05) is 51.0 Å². The lowest BCUT2D eigenvalue weighted by molar-refractivity contribution is -0.946. The number of rotatable bonds is 6. The Hall–Kier alpha value is -5.58. The maximum atomic E-state index is 11.4. The van der Waals surface area contributed by atoms with Gasteiger partial charge in [-0.2, -0.15) is 14.0 Å². The van der Waals surface area contributed by atoms with E-state index in [1.807, 2.05) is 16.3 Å². The highest BCUT2D eigenvalue weighted by atomic mass is 16.7. The first-order chi connectivity index (χ1) is 14.1. The largest absolute Gasteiger partial charge is 0.640 e. The van der Waals surface area contributed by atoms with Crippen molar-refractivity contribution in [2.24, 2.45) is 5.29 Å². The lowest BCUT2D eigenvalue weighted by Crippen LogP contribution is -2.31. The Balaban J connectivity index is 0.000000269. The summed E-state index contributed by atoms with van der Waals surface area (Å²) in [4.78, 5) is 8.98. The van der Waals surface area contributed by atoms with Crippen molar-refractivity contribution in [1.29, 1.82) is 0 Å². The van der Waals surface area contributed by atoms with E-state index in [0.29, 0.717) is 0 Å². The van der Waals surface area contributed by atoms with Gasteiger partial charge in [0.05, 0.1) is 15.2 Å². The summed E-state index contributed by atoms with van der Waals surface area (Å²) in [5.41, 5.74) is 21.6. The predicted molar refractivity (Wildman–Crippen MR) is 97.7 cm³/mol. The van der Waals surface area contributed by atoms with Crippen LogP contribution in [-0.4, -0.2) is 54.6 Å². The number of nitrogens with zero attached hydrogens (tertiary/aromatic N) is 12. The smallest absolute Gasteiger partial charge is 0.376 e. The maximum Gasteiger partial charge on any atom is 0.376 e. The van der Waals surface area contributed by atoms with Gasteiger partial charge in [0, 0.05) is 0 Å². The van der Waals surface area contributed by atoms with Crippen LogP contribution in [0.4, 0.5) is 35.7 Å². The minimum absolute atomic E-state index is 0.00569. The monoisotopic (exact) mass is 429 g/mol. The number of nitrogens with two attached hydrogens (primary N) is 6. The topological polar surface area (TPSA) is 366 Å². The van der Waals surface area contributed by atoms with Crippen LogP contribution in [-0.2, 0) is 0 Å². The number of nitroso groups, excluding NO2 is 1. The molecule has 15 N–H and O–H groups in total. The van der Waals surface area contributed by atoms with E-state index in [0.717, 1.165) is 14.0 Å². The minimum Gasteiger partial charge on any atom is -0.640 e. The van der Waals surface area contributed by atoms with E-state index in [1.165, 1.54) is 0 Å². The first-order valence-corrected chi connectivity index (χ1v) is 7.09. The highest BCUT2D eigenvalue weighted by Crippen LogP contribution is 2.05. The summed E-state index contributed by atoms with van der Waals surface area (Å²) in [5.74, 6) is 15.1. The van der Waals surface area contributed by atoms with Gasteiger partial charge in [0.25, 0.3) is 5.95 Å². The summed E-state index contributed by atoms with van der Waals surface area (Å²) in [6.07, 6.45) is 0. The first-order valence-electron chi connectivity index (χ1n) is 7.09. The molecule has 0 radical (unpaired) electrons. The zero-order valence-corrected chi connectivity index (χ0v) is 14.6. The van der Waals surface area contributed by atoms with E-state index < -0.39 is 0 Å². The molecule has 3 heterocycles. The van der Waals surface area contributed by atoms with Crippen LogP contribution in [0.2, 0.25) is 0 Å². The predicted octanol–water partition coefficient (Wildman–Crippen LogP) is -5.04. The molecule has 0 spiro atoms. The van der Waals surface area contributed by atoms with Crippen molar-refractivity contribution < 1.29 is 9.94 Å². The van der Waals surface area contributed by atoms with Gasteiger partial charge in [-0.1, -0.05) is 21.0 Å². The Kier molecular flexibility index (Phi) is 5.81. The summed E-state index contributed by atoms with van der Waals surface area (Å²) in [5, 5.41) is 45.5. The number of aromatic nitrogens is 9. The fraction of sp³-hybridized carbons (Fsp3) is 0. The highest BCUT2D eigenvalue weighted by molar-refractivity contribution is 5.33. The standard InChI is InChI=1S/C4H10N14O2.C2H5N7O/c5-1-9-11-3(15(1)7)13-17(19)18(20)14-4-12-10-2(6)16(4)8;3-1-5-6-2(7-8-10)9(1)4/h7-8H2,(H2,5,9)(H2,6,10)(H,11,13)(H,12,14);4H2,(H2,3,5)(H,6,7,10)/b18-17+;. The Morgan fingerprint density at radius 3 is 1.30 bits per heavy atom. The second-order valence-electron chi connectivity index (χ2n) is 4.73. The van der Waals surface area contributed by atoms with Crippen LogP contribution in [0.25, 0.3) is 0 Å². The second-order valence-corrected chi connectivity index (χ2v) is 4.73. The van der Waals surface area contributed by atoms with Gasteiger partial charge in [0.15, 0.2) is 0 Å². The molecule has 30 heavy (non-hydrogen) atoms. The number of anilines is 6. The van der Waals surface area contributed by atoms with E-state index in [4.69, 9.17) is 34.7 Å². The van der Waals surface area contributed by atoms with Crippen LogP contribution in [0.3, 0.4) is 0 Å². The first kappa shape index (κ1) is 20.7. The molecule has 0 saturated carbocycles. The second kappa shape index (κ2) is 8.41. The van der Waals surface area contributed by atoms with Crippen molar-refractivity contribution in [3.63, 3.8) is 0 Å². The number of hydrogen-bond acceptors (Lipinski definition) is 16.